The summed E-state index contributed by atoms with van der Waals surface area (Å²) in [6.07, 6.45) is 6.43. The Hall–Kier alpha value is -8.10. The lowest BCUT2D eigenvalue weighted by Gasteiger charge is -2.30. The molecule has 0 radical (unpaired) electrons. The van der Waals surface area contributed by atoms with Crippen molar-refractivity contribution in [3.8, 4) is 0 Å². The third-order valence-corrected chi connectivity index (χ3v) is 17.2. The third-order valence-electron chi connectivity index (χ3n) is 11.5. The number of primary sulfonamides is 1. The van der Waals surface area contributed by atoms with Crippen molar-refractivity contribution < 1.29 is 120 Å². The molecule has 51 heteroatoms. The van der Waals surface area contributed by atoms with Crippen LogP contribution in [0.4, 0.5) is 14.4 Å². The zero-order valence-corrected chi connectivity index (χ0v) is 73.2. The molecule has 3 rings (SSSR count). The molecule has 0 spiro atoms. The minimum atomic E-state index is -3.58. The van der Waals surface area contributed by atoms with Crippen LogP contribution in [-0.2, 0) is 96.5 Å². The molecule has 112 heavy (non-hydrogen) atoms. The topological polar surface area (TPSA) is 620 Å². The first-order chi connectivity index (χ1) is 50.5. The molecule has 14 N–H and O–H groups in total. The fraction of sp³-hybridized carbons (Fsp3) is 0.574. The van der Waals surface area contributed by atoms with Crippen molar-refractivity contribution in [2.75, 3.05) is 83.6 Å². The van der Waals surface area contributed by atoms with Gasteiger partial charge in [0.15, 0.2) is 0 Å². The SMILES string of the molecule is CC(=NC[C@H](NC(=O)OC(C)(C)C)C(=O)O)NS(C)(=O)=O.CC(=NC[C@H](NC(=O)OC(C)(C)C)C(=O)O)NS(C)(=O)=O.CC(=NC[C@H](NC(=O)OC(C)(C)C)C(=O)O)NS(C)(=O)=O.CC(=NC[C@H](NC(=O)c1c(Cl)cc2c(c1Cl)CCN(C(=O)c1ccc(Cl)cc1)C2)C(=O)O)NS(C)(=O)=O.CN=C(SC)SC.CS(N)(=O)=O. The molecule has 0 aromatic heterocycles. The van der Waals surface area contributed by atoms with Crippen molar-refractivity contribution >= 4 is 190 Å². The van der Waals surface area contributed by atoms with E-state index in [0.717, 1.165) is 35.7 Å². The molecule has 41 nitrogen and oxygen atoms in total. The minimum Gasteiger partial charge on any atom is -0.480 e. The zero-order chi connectivity index (χ0) is 88.2. The number of alkyl carbamates (subject to hydrolysis) is 3. The maximum absolute atomic E-state index is 13.0. The van der Waals surface area contributed by atoms with Crippen molar-refractivity contribution in [2.45, 2.75) is 144 Å². The van der Waals surface area contributed by atoms with Gasteiger partial charge in [-0.25, -0.2) is 80.8 Å². The van der Waals surface area contributed by atoms with Crippen molar-refractivity contribution in [1.82, 2.24) is 45.1 Å². The van der Waals surface area contributed by atoms with Crippen molar-refractivity contribution in [3.05, 3.63) is 67.7 Å². The van der Waals surface area contributed by atoms with Crippen molar-refractivity contribution in [3.63, 3.8) is 0 Å². The number of carboxylic acid groups (broad SMARTS) is 4. The number of ether oxygens (including phenoxy) is 3. The number of amides is 5. The lowest BCUT2D eigenvalue weighted by Crippen LogP contribution is -2.45. The summed E-state index contributed by atoms with van der Waals surface area (Å²) in [5.41, 5.74) is -0.596. The van der Waals surface area contributed by atoms with Crippen molar-refractivity contribution in [2.24, 2.45) is 30.1 Å². The normalized spacial score (nSPS) is 13.8. The Bertz CT molecular complexity index is 4120. The van der Waals surface area contributed by atoms with Crippen LogP contribution in [0.3, 0.4) is 0 Å². The fourth-order valence-electron chi connectivity index (χ4n) is 7.51. The fourth-order valence-corrected chi connectivity index (χ4v) is 11.8. The van der Waals surface area contributed by atoms with Gasteiger partial charge in [0.05, 0.1) is 73.1 Å². The van der Waals surface area contributed by atoms with Gasteiger partial charge in [-0.05, 0) is 150 Å². The first-order valence-corrected chi connectivity index (χ1v) is 44.8. The number of rotatable bonds is 22. The molecule has 2 aromatic carbocycles. The van der Waals surface area contributed by atoms with Crippen LogP contribution in [0.5, 0.6) is 0 Å². The number of carbonyl (C=O) groups is 9. The Morgan fingerprint density at radius 2 is 0.795 bits per heavy atom. The second kappa shape index (κ2) is 48.8. The Balaban J connectivity index is -0.00000139. The van der Waals surface area contributed by atoms with Gasteiger partial charge < -0.3 is 60.8 Å². The van der Waals surface area contributed by atoms with Gasteiger partial charge in [0.1, 0.15) is 68.7 Å². The number of fused-ring (bicyclic) bond motifs is 1. The van der Waals surface area contributed by atoms with E-state index >= 15 is 0 Å². The van der Waals surface area contributed by atoms with Crippen LogP contribution in [0.2, 0.25) is 15.1 Å². The smallest absolute Gasteiger partial charge is 0.408 e. The molecule has 5 amide bonds. The van der Waals surface area contributed by atoms with Crippen LogP contribution in [0.25, 0.3) is 0 Å². The number of benzene rings is 2. The minimum absolute atomic E-state index is 0.00962. The van der Waals surface area contributed by atoms with Gasteiger partial charge in [-0.15, -0.1) is 23.5 Å². The Morgan fingerprint density at radius 1 is 0.518 bits per heavy atom. The summed E-state index contributed by atoms with van der Waals surface area (Å²) in [6.45, 7) is 19.3. The van der Waals surface area contributed by atoms with Crippen LogP contribution >= 0.6 is 58.3 Å². The van der Waals surface area contributed by atoms with Crippen LogP contribution < -0.4 is 45.3 Å². The van der Waals surface area contributed by atoms with E-state index in [1.165, 1.54) is 33.8 Å². The summed E-state index contributed by atoms with van der Waals surface area (Å²) in [7, 11) is -15.4. The second-order valence-electron chi connectivity index (χ2n) is 26.1. The van der Waals surface area contributed by atoms with Gasteiger partial charge >= 0.3 is 42.2 Å². The highest BCUT2D eigenvalue weighted by atomic mass is 35.5. The number of hydrogen-bond donors (Lipinski definition) is 13. The number of nitrogens with one attached hydrogen (secondary N) is 8. The van der Waals surface area contributed by atoms with E-state index < -0.39 is 146 Å². The Morgan fingerprint density at radius 3 is 1.03 bits per heavy atom. The van der Waals surface area contributed by atoms with Crippen LogP contribution in [0, 0.1) is 0 Å². The van der Waals surface area contributed by atoms with Gasteiger partial charge in [-0.2, -0.15) is 0 Å². The summed E-state index contributed by atoms with van der Waals surface area (Å²) in [5, 5.41) is 50.1. The summed E-state index contributed by atoms with van der Waals surface area (Å²) in [6, 6.07) is 2.62. The summed E-state index contributed by atoms with van der Waals surface area (Å²) in [4.78, 5) is 126. The van der Waals surface area contributed by atoms with E-state index in [4.69, 9.17) is 64.3 Å². The standard InChI is InChI=1S/C23H23Cl3N4O6S.3C11H21N3O6S.C4H9NS2.CH5NO2S/c1-12(29-37(2,35)36)27-10-18(23(33)34)28-21(31)19-17(25)9-14-11-30(8-7-16(14)20(19)26)22(32)13-3-5-15(24)6-4-13;3*1-7(14-21(5,18)19)12-6-8(9(15)16)13-10(17)20-11(2,3)4;1-5-4(6-2)7-3;1-5(2,3)4/h3-6,9,18H,7-8,10-11H2,1-2H3,(H,27,29)(H,28,31)(H,33,34);3*8H,6H2,1-5H3,(H,12,14)(H,13,17)(H,15,16);1-3H3;1H3,(H2,2,3,4)/t18-;3*8-;;/m0000../s1. The quantitative estimate of drug-likeness (QED) is 0.0456. The molecule has 1 heterocycles. The number of aliphatic imine (C=N–C) groups is 5. The maximum Gasteiger partial charge on any atom is 0.408 e. The molecular formula is C61H100Cl3N15O26S7. The number of aliphatic carboxylic acids is 4. The van der Waals surface area contributed by atoms with E-state index in [2.05, 4.69) is 70.3 Å². The van der Waals surface area contributed by atoms with E-state index in [0.29, 0.717) is 34.7 Å². The van der Waals surface area contributed by atoms with E-state index in [1.807, 2.05) is 19.6 Å². The van der Waals surface area contributed by atoms with Gasteiger partial charge in [-0.1, -0.05) is 34.8 Å². The predicted molar refractivity (Wildman–Crippen MR) is 431 cm³/mol. The number of amidine groups is 4. The van der Waals surface area contributed by atoms with E-state index in [-0.39, 0.29) is 71.0 Å². The number of halogens is 3. The number of hydrogen-bond acceptors (Lipinski definition) is 29. The second-order valence-corrected chi connectivity index (χ2v) is 37.8. The molecule has 0 aliphatic carbocycles. The maximum atomic E-state index is 13.0. The van der Waals surface area contributed by atoms with Gasteiger partial charge in [-0.3, -0.25) is 53.4 Å². The number of carbonyl (C=O) groups excluding carboxylic acids is 5. The summed E-state index contributed by atoms with van der Waals surface area (Å²) in [5.74, 6) is -6.29. The van der Waals surface area contributed by atoms with E-state index in [1.54, 1.807) is 115 Å². The zero-order valence-electron chi connectivity index (χ0n) is 65.2. The monoisotopic (exact) mass is 1790 g/mol. The molecule has 4 atom stereocenters. The molecule has 0 fully saturated rings. The van der Waals surface area contributed by atoms with Crippen LogP contribution in [-0.4, -0.2) is 274 Å². The van der Waals surface area contributed by atoms with Crippen LogP contribution in [0.15, 0.2) is 55.3 Å². The van der Waals surface area contributed by atoms with Crippen molar-refractivity contribution in [1.29, 1.82) is 0 Å². The molecule has 2 aromatic rings. The molecule has 0 unspecified atom stereocenters. The Kier molecular flexibility index (Phi) is 47.1. The highest BCUT2D eigenvalue weighted by molar-refractivity contribution is 8.38. The number of carboxylic acids is 4. The summed E-state index contributed by atoms with van der Waals surface area (Å²) < 4.78 is 131. The first kappa shape index (κ1) is 108. The highest BCUT2D eigenvalue weighted by Gasteiger charge is 2.32. The molecule has 0 bridgehead atoms. The largest absolute Gasteiger partial charge is 0.480 e. The number of sulfonamides is 5. The predicted octanol–water partition coefficient (Wildman–Crippen LogP) is 3.39. The lowest BCUT2D eigenvalue weighted by molar-refractivity contribution is -0.140. The van der Waals surface area contributed by atoms with Crippen LogP contribution in [0.1, 0.15) is 122 Å². The molecule has 1 aliphatic heterocycles. The van der Waals surface area contributed by atoms with Gasteiger partial charge in [0, 0.05) is 30.7 Å². The molecular weight excluding hydrogens is 1690 g/mol. The lowest BCUT2D eigenvalue weighted by atomic mass is 9.96. The number of nitrogens with zero attached hydrogens (tertiary/aromatic N) is 6. The number of thioether (sulfide) groups is 2. The molecule has 0 saturated heterocycles. The number of nitrogens with two attached hydrogens (primary N) is 1. The van der Waals surface area contributed by atoms with Gasteiger partial charge in [0.25, 0.3) is 11.8 Å². The molecule has 1 aliphatic rings. The summed E-state index contributed by atoms with van der Waals surface area (Å²) >= 11 is 22.2. The third kappa shape index (κ3) is 56.2. The van der Waals surface area contributed by atoms with E-state index in [9.17, 15) is 90.3 Å². The first-order valence-electron chi connectivity index (χ1n) is 31.7. The molecule has 0 saturated carbocycles. The van der Waals surface area contributed by atoms with Gasteiger partial charge in [0.2, 0.25) is 50.1 Å². The Labute approximate surface area is 675 Å². The average molecular weight is 1790 g/mol. The highest BCUT2D eigenvalue weighted by Crippen LogP contribution is 2.35. The molecule has 638 valence electrons. The average Bonchev–Trinajstić information content (AvgIpc) is 0.773.